The summed E-state index contributed by atoms with van der Waals surface area (Å²) in [5.41, 5.74) is 4.79. The van der Waals surface area contributed by atoms with Crippen molar-refractivity contribution in [1.82, 2.24) is 14.8 Å². The molecular formula is C21H23N3OS. The van der Waals surface area contributed by atoms with Crippen LogP contribution in [0.1, 0.15) is 16.7 Å². The fraction of sp³-hybridized carbons (Fsp3) is 0.238. The van der Waals surface area contributed by atoms with Gasteiger partial charge >= 0.3 is 0 Å². The second-order valence-corrected chi connectivity index (χ2v) is 7.13. The highest BCUT2D eigenvalue weighted by Crippen LogP contribution is 2.32. The first-order valence-corrected chi connectivity index (χ1v) is 9.48. The molecule has 0 fully saturated rings. The molecule has 0 amide bonds. The molecule has 0 radical (unpaired) electrons. The number of para-hydroxylation sites is 1. The zero-order valence-corrected chi connectivity index (χ0v) is 16.2. The number of benzene rings is 2. The van der Waals surface area contributed by atoms with Crippen LogP contribution >= 0.6 is 11.8 Å². The maximum Gasteiger partial charge on any atom is 0.192 e. The third kappa shape index (κ3) is 3.99. The molecule has 1 heterocycles. The second kappa shape index (κ2) is 8.23. The van der Waals surface area contributed by atoms with Crippen LogP contribution in [0.2, 0.25) is 0 Å². The zero-order valence-electron chi connectivity index (χ0n) is 15.4. The van der Waals surface area contributed by atoms with Crippen LogP contribution in [-0.4, -0.2) is 21.9 Å². The lowest BCUT2D eigenvalue weighted by molar-refractivity contribution is 0.416. The largest absolute Gasteiger partial charge is 0.496 e. The first-order valence-electron chi connectivity index (χ1n) is 8.50. The Morgan fingerprint density at radius 2 is 1.85 bits per heavy atom. The molecule has 134 valence electrons. The van der Waals surface area contributed by atoms with E-state index < -0.39 is 0 Å². The minimum Gasteiger partial charge on any atom is -0.496 e. The number of aryl methyl sites for hydroxylation is 2. The van der Waals surface area contributed by atoms with Gasteiger partial charge < -0.3 is 4.74 Å². The van der Waals surface area contributed by atoms with Crippen LogP contribution in [0.4, 0.5) is 0 Å². The molecule has 0 aliphatic carbocycles. The first-order chi connectivity index (χ1) is 12.6. The smallest absolute Gasteiger partial charge is 0.192 e. The molecule has 0 aliphatic heterocycles. The lowest BCUT2D eigenvalue weighted by Crippen LogP contribution is -2.01. The number of methoxy groups -OCH3 is 1. The van der Waals surface area contributed by atoms with E-state index in [9.17, 15) is 0 Å². The number of allylic oxidation sites excluding steroid dienone is 1. The van der Waals surface area contributed by atoms with Gasteiger partial charge in [0.2, 0.25) is 0 Å². The quantitative estimate of drug-likeness (QED) is 0.434. The number of thioether (sulfide) groups is 1. The summed E-state index contributed by atoms with van der Waals surface area (Å²) in [6, 6.07) is 14.5. The summed E-state index contributed by atoms with van der Waals surface area (Å²) in [6.07, 6.45) is 1.86. The van der Waals surface area contributed by atoms with Crippen LogP contribution in [0.3, 0.4) is 0 Å². The summed E-state index contributed by atoms with van der Waals surface area (Å²) in [5, 5.41) is 9.72. The van der Waals surface area contributed by atoms with Gasteiger partial charge in [-0.25, -0.2) is 0 Å². The van der Waals surface area contributed by atoms with Crippen molar-refractivity contribution in [2.24, 2.45) is 0 Å². The fourth-order valence-electron chi connectivity index (χ4n) is 3.02. The molecule has 4 nitrogen and oxygen atoms in total. The molecule has 0 aliphatic rings. The normalized spacial score (nSPS) is 10.7. The van der Waals surface area contributed by atoms with E-state index in [0.717, 1.165) is 28.0 Å². The van der Waals surface area contributed by atoms with E-state index in [2.05, 4.69) is 53.4 Å². The van der Waals surface area contributed by atoms with Crippen molar-refractivity contribution in [3.8, 4) is 17.1 Å². The maximum absolute atomic E-state index is 5.48. The first kappa shape index (κ1) is 18.3. The molecule has 0 bridgehead atoms. The second-order valence-electron chi connectivity index (χ2n) is 6.19. The summed E-state index contributed by atoms with van der Waals surface area (Å²) < 4.78 is 7.57. The molecule has 26 heavy (non-hydrogen) atoms. The number of hydrogen-bond donors (Lipinski definition) is 0. The molecule has 0 N–H and O–H groups in total. The monoisotopic (exact) mass is 365 g/mol. The Bertz CT molecular complexity index is 897. The average molecular weight is 366 g/mol. The summed E-state index contributed by atoms with van der Waals surface area (Å²) in [5.74, 6) is 2.44. The van der Waals surface area contributed by atoms with Gasteiger partial charge in [-0.3, -0.25) is 4.57 Å². The average Bonchev–Trinajstić information content (AvgIpc) is 3.02. The van der Waals surface area contributed by atoms with Gasteiger partial charge in [-0.1, -0.05) is 59.3 Å². The van der Waals surface area contributed by atoms with Gasteiger partial charge in [0.05, 0.1) is 12.7 Å². The van der Waals surface area contributed by atoms with Crippen molar-refractivity contribution in [1.29, 1.82) is 0 Å². The van der Waals surface area contributed by atoms with Crippen molar-refractivity contribution >= 4 is 11.8 Å². The van der Waals surface area contributed by atoms with Gasteiger partial charge in [-0.15, -0.1) is 16.8 Å². The minimum atomic E-state index is 0.648. The lowest BCUT2D eigenvalue weighted by atomic mass is 10.1. The molecule has 0 unspecified atom stereocenters. The van der Waals surface area contributed by atoms with Crippen molar-refractivity contribution in [2.75, 3.05) is 7.11 Å². The number of ether oxygens (including phenoxy) is 1. The van der Waals surface area contributed by atoms with Gasteiger partial charge in [-0.05, 0) is 31.5 Å². The van der Waals surface area contributed by atoms with E-state index in [0.29, 0.717) is 6.54 Å². The van der Waals surface area contributed by atoms with Gasteiger partial charge in [0.1, 0.15) is 5.75 Å². The predicted octanol–water partition coefficient (Wildman–Crippen LogP) is 5.05. The third-order valence-corrected chi connectivity index (χ3v) is 5.06. The van der Waals surface area contributed by atoms with E-state index >= 15 is 0 Å². The Morgan fingerprint density at radius 3 is 2.54 bits per heavy atom. The molecule has 0 saturated heterocycles. The maximum atomic E-state index is 5.48. The Kier molecular flexibility index (Phi) is 5.78. The molecule has 3 aromatic rings. The molecule has 0 saturated carbocycles. The summed E-state index contributed by atoms with van der Waals surface area (Å²) >= 11 is 1.69. The number of nitrogens with zero attached hydrogens (tertiary/aromatic N) is 3. The van der Waals surface area contributed by atoms with E-state index in [1.165, 1.54) is 16.7 Å². The van der Waals surface area contributed by atoms with Crippen LogP contribution in [-0.2, 0) is 12.3 Å². The number of rotatable bonds is 7. The van der Waals surface area contributed by atoms with Crippen LogP contribution in [0.5, 0.6) is 5.75 Å². The summed E-state index contributed by atoms with van der Waals surface area (Å²) in [7, 11) is 1.67. The Morgan fingerprint density at radius 1 is 1.12 bits per heavy atom. The van der Waals surface area contributed by atoms with Gasteiger partial charge in [0.25, 0.3) is 0 Å². The molecular weight excluding hydrogens is 342 g/mol. The standard InChI is InChI=1S/C21H23N3OS/c1-5-10-24-20(18-8-6-7-9-19(18)25-4)22-23-21(24)26-14-17-12-15(2)11-16(3)13-17/h5-9,11-13H,1,10,14H2,2-4H3. The minimum absolute atomic E-state index is 0.648. The van der Waals surface area contributed by atoms with Crippen molar-refractivity contribution in [2.45, 2.75) is 31.3 Å². The van der Waals surface area contributed by atoms with E-state index in [1.807, 2.05) is 30.3 Å². The molecule has 1 aromatic heterocycles. The highest BCUT2D eigenvalue weighted by atomic mass is 32.2. The van der Waals surface area contributed by atoms with Crippen LogP contribution in [0, 0.1) is 13.8 Å². The third-order valence-electron chi connectivity index (χ3n) is 4.03. The van der Waals surface area contributed by atoms with Crippen LogP contribution in [0.15, 0.2) is 60.3 Å². The summed E-state index contributed by atoms with van der Waals surface area (Å²) in [6.45, 7) is 8.78. The van der Waals surface area contributed by atoms with Gasteiger partial charge in [-0.2, -0.15) is 0 Å². The van der Waals surface area contributed by atoms with E-state index in [4.69, 9.17) is 4.74 Å². The van der Waals surface area contributed by atoms with E-state index in [1.54, 1.807) is 18.9 Å². The van der Waals surface area contributed by atoms with E-state index in [-0.39, 0.29) is 0 Å². The molecule has 5 heteroatoms. The SMILES string of the molecule is C=CCn1c(SCc2cc(C)cc(C)c2)nnc1-c1ccccc1OC. The Labute approximate surface area is 158 Å². The highest BCUT2D eigenvalue weighted by Gasteiger charge is 2.16. The van der Waals surface area contributed by atoms with Crippen molar-refractivity contribution in [3.05, 3.63) is 71.8 Å². The fourth-order valence-corrected chi connectivity index (χ4v) is 3.90. The van der Waals surface area contributed by atoms with Crippen LogP contribution in [0.25, 0.3) is 11.4 Å². The topological polar surface area (TPSA) is 39.9 Å². The summed E-state index contributed by atoms with van der Waals surface area (Å²) in [4.78, 5) is 0. The van der Waals surface area contributed by atoms with Crippen LogP contribution < -0.4 is 4.74 Å². The van der Waals surface area contributed by atoms with Crippen molar-refractivity contribution < 1.29 is 4.74 Å². The van der Waals surface area contributed by atoms with Gasteiger partial charge in [0.15, 0.2) is 11.0 Å². The highest BCUT2D eigenvalue weighted by molar-refractivity contribution is 7.98. The molecule has 3 rings (SSSR count). The zero-order chi connectivity index (χ0) is 18.5. The van der Waals surface area contributed by atoms with Crippen molar-refractivity contribution in [3.63, 3.8) is 0 Å². The molecule has 2 aromatic carbocycles. The Hall–Kier alpha value is -2.53. The number of hydrogen-bond acceptors (Lipinski definition) is 4. The predicted molar refractivity (Wildman–Crippen MR) is 108 cm³/mol. The lowest BCUT2D eigenvalue weighted by Gasteiger charge is -2.11. The molecule has 0 spiro atoms. The Balaban J connectivity index is 1.91. The van der Waals surface area contributed by atoms with Gasteiger partial charge in [0, 0.05) is 12.3 Å². The molecule has 0 atom stereocenters. The number of aromatic nitrogens is 3.